The Bertz CT molecular complexity index is 938. The van der Waals surface area contributed by atoms with Crippen LogP contribution in [0.5, 0.6) is 0 Å². The molecular formula is C23H27N3. The fourth-order valence-electron chi connectivity index (χ4n) is 5.27. The Labute approximate surface area is 155 Å². The van der Waals surface area contributed by atoms with Crippen molar-refractivity contribution >= 4 is 10.9 Å². The van der Waals surface area contributed by atoms with E-state index >= 15 is 0 Å². The summed E-state index contributed by atoms with van der Waals surface area (Å²) in [5.41, 5.74) is 7.05. The third-order valence-electron chi connectivity index (χ3n) is 6.52. The van der Waals surface area contributed by atoms with Gasteiger partial charge in [-0.05, 0) is 56.5 Å². The van der Waals surface area contributed by atoms with Crippen LogP contribution in [-0.4, -0.2) is 27.5 Å². The Morgan fingerprint density at radius 2 is 2.00 bits per heavy atom. The molecule has 5 rings (SSSR count). The van der Waals surface area contributed by atoms with Gasteiger partial charge in [0.2, 0.25) is 0 Å². The molecule has 3 nitrogen and oxygen atoms in total. The van der Waals surface area contributed by atoms with Crippen molar-refractivity contribution in [3.05, 3.63) is 65.1 Å². The van der Waals surface area contributed by atoms with Gasteiger partial charge in [0.25, 0.3) is 0 Å². The molecule has 0 bridgehead atoms. The van der Waals surface area contributed by atoms with E-state index in [-0.39, 0.29) is 0 Å². The number of pyridine rings is 1. The molecule has 0 N–H and O–H groups in total. The molecule has 0 amide bonds. The Morgan fingerprint density at radius 1 is 1.12 bits per heavy atom. The molecule has 26 heavy (non-hydrogen) atoms. The van der Waals surface area contributed by atoms with E-state index < -0.39 is 0 Å². The lowest BCUT2D eigenvalue weighted by atomic mass is 9.90. The molecule has 0 radical (unpaired) electrons. The zero-order valence-electron chi connectivity index (χ0n) is 15.8. The summed E-state index contributed by atoms with van der Waals surface area (Å²) in [7, 11) is 2.32. The summed E-state index contributed by atoms with van der Waals surface area (Å²) in [4.78, 5) is 7.07. The van der Waals surface area contributed by atoms with Crippen molar-refractivity contribution in [3.63, 3.8) is 0 Å². The molecule has 3 heteroatoms. The molecule has 1 aromatic carbocycles. The maximum atomic E-state index is 4.48. The number of aryl methyl sites for hydroxylation is 3. The van der Waals surface area contributed by atoms with Crippen molar-refractivity contribution in [2.75, 3.05) is 7.05 Å². The van der Waals surface area contributed by atoms with Gasteiger partial charge in [0, 0.05) is 53.5 Å². The number of benzene rings is 1. The first-order valence-electron chi connectivity index (χ1n) is 9.94. The second-order valence-electron chi connectivity index (χ2n) is 8.11. The molecule has 1 fully saturated rings. The first kappa shape index (κ1) is 16.1. The van der Waals surface area contributed by atoms with Crippen LogP contribution in [-0.2, 0) is 19.5 Å². The number of para-hydroxylation sites is 1. The first-order valence-corrected chi connectivity index (χ1v) is 9.94. The lowest BCUT2D eigenvalue weighted by Crippen LogP contribution is -2.38. The summed E-state index contributed by atoms with van der Waals surface area (Å²) in [5.74, 6) is 0.701. The quantitative estimate of drug-likeness (QED) is 0.688. The molecule has 2 atom stereocenters. The van der Waals surface area contributed by atoms with Gasteiger partial charge in [-0.3, -0.25) is 9.88 Å². The van der Waals surface area contributed by atoms with Crippen molar-refractivity contribution in [3.8, 4) is 0 Å². The SMILES string of the molecule is Cc1ccc(CCn2c3c(c4ccccc42)CN(C)C2CCCC32)cn1. The van der Waals surface area contributed by atoms with Crippen LogP contribution < -0.4 is 0 Å². The Morgan fingerprint density at radius 3 is 2.85 bits per heavy atom. The lowest BCUT2D eigenvalue weighted by molar-refractivity contribution is 0.197. The molecule has 3 heterocycles. The van der Waals surface area contributed by atoms with E-state index in [1.165, 1.54) is 35.7 Å². The second-order valence-corrected chi connectivity index (χ2v) is 8.11. The molecule has 2 aromatic heterocycles. The average Bonchev–Trinajstić information content (AvgIpc) is 3.25. The van der Waals surface area contributed by atoms with Crippen molar-refractivity contribution in [2.45, 2.75) is 57.7 Å². The van der Waals surface area contributed by atoms with E-state index in [0.29, 0.717) is 5.92 Å². The minimum Gasteiger partial charge on any atom is -0.344 e. The number of rotatable bonds is 3. The van der Waals surface area contributed by atoms with Crippen LogP contribution >= 0.6 is 0 Å². The highest BCUT2D eigenvalue weighted by molar-refractivity contribution is 5.86. The number of nitrogens with zero attached hydrogens (tertiary/aromatic N) is 3. The third-order valence-corrected chi connectivity index (χ3v) is 6.52. The van der Waals surface area contributed by atoms with Crippen LogP contribution in [0.2, 0.25) is 0 Å². The fourth-order valence-corrected chi connectivity index (χ4v) is 5.27. The predicted octanol–water partition coefficient (Wildman–Crippen LogP) is 4.67. The van der Waals surface area contributed by atoms with Crippen molar-refractivity contribution in [1.29, 1.82) is 0 Å². The van der Waals surface area contributed by atoms with E-state index in [2.05, 4.69) is 64.8 Å². The minimum atomic E-state index is 0.701. The number of hydrogen-bond acceptors (Lipinski definition) is 2. The molecule has 134 valence electrons. The fraction of sp³-hybridized carbons (Fsp3) is 0.435. The molecule has 0 spiro atoms. The summed E-state index contributed by atoms with van der Waals surface area (Å²) in [6.07, 6.45) is 7.14. The average molecular weight is 345 g/mol. The maximum Gasteiger partial charge on any atom is 0.0486 e. The normalized spacial score (nSPS) is 22.5. The van der Waals surface area contributed by atoms with Gasteiger partial charge in [-0.2, -0.15) is 0 Å². The van der Waals surface area contributed by atoms with E-state index in [1.54, 1.807) is 11.3 Å². The van der Waals surface area contributed by atoms with Crippen molar-refractivity contribution < 1.29 is 0 Å². The molecule has 2 unspecified atom stereocenters. The van der Waals surface area contributed by atoms with Gasteiger partial charge in [0.1, 0.15) is 0 Å². The highest BCUT2D eigenvalue weighted by atomic mass is 15.2. The zero-order valence-corrected chi connectivity index (χ0v) is 15.8. The minimum absolute atomic E-state index is 0.701. The summed E-state index contributed by atoms with van der Waals surface area (Å²) in [6, 6.07) is 14.1. The van der Waals surface area contributed by atoms with Crippen LogP contribution in [0.15, 0.2) is 42.6 Å². The predicted molar refractivity (Wildman–Crippen MR) is 106 cm³/mol. The number of likely N-dealkylation sites (N-methyl/N-ethyl adjacent to an activating group) is 1. The van der Waals surface area contributed by atoms with Crippen LogP contribution in [0.25, 0.3) is 10.9 Å². The Kier molecular flexibility index (Phi) is 3.86. The van der Waals surface area contributed by atoms with Gasteiger partial charge in [0.15, 0.2) is 0 Å². The van der Waals surface area contributed by atoms with Crippen LogP contribution in [0.4, 0.5) is 0 Å². The number of fused-ring (bicyclic) bond motifs is 5. The van der Waals surface area contributed by atoms with E-state index in [1.807, 2.05) is 6.20 Å². The second kappa shape index (κ2) is 6.24. The Hall–Kier alpha value is -2.13. The number of aromatic nitrogens is 2. The monoisotopic (exact) mass is 345 g/mol. The maximum absolute atomic E-state index is 4.48. The first-order chi connectivity index (χ1) is 12.7. The van der Waals surface area contributed by atoms with Gasteiger partial charge < -0.3 is 4.57 Å². The summed E-state index contributed by atoms with van der Waals surface area (Å²) < 4.78 is 2.64. The zero-order chi connectivity index (χ0) is 17.7. The summed E-state index contributed by atoms with van der Waals surface area (Å²) >= 11 is 0. The van der Waals surface area contributed by atoms with Gasteiger partial charge in [-0.1, -0.05) is 30.7 Å². The van der Waals surface area contributed by atoms with Crippen molar-refractivity contribution in [2.24, 2.45) is 0 Å². The van der Waals surface area contributed by atoms with E-state index in [4.69, 9.17) is 0 Å². The van der Waals surface area contributed by atoms with Gasteiger partial charge in [-0.25, -0.2) is 0 Å². The van der Waals surface area contributed by atoms with Gasteiger partial charge in [-0.15, -0.1) is 0 Å². The van der Waals surface area contributed by atoms with Crippen LogP contribution in [0, 0.1) is 6.92 Å². The van der Waals surface area contributed by atoms with Crippen LogP contribution in [0.3, 0.4) is 0 Å². The smallest absolute Gasteiger partial charge is 0.0486 e. The standard InChI is InChI=1S/C23H27N3/c1-16-10-11-17(14-24-16)12-13-26-22-8-4-3-6-18(22)20-15-25(2)21-9-5-7-19(21)23(20)26/h3-4,6,8,10-11,14,19,21H,5,7,9,12-13,15H2,1-2H3. The van der Waals surface area contributed by atoms with Crippen molar-refractivity contribution in [1.82, 2.24) is 14.5 Å². The Balaban J connectivity index is 1.58. The highest BCUT2D eigenvalue weighted by Gasteiger charge is 2.39. The summed E-state index contributed by atoms with van der Waals surface area (Å²) in [5, 5.41) is 1.46. The largest absolute Gasteiger partial charge is 0.344 e. The van der Waals surface area contributed by atoms with Gasteiger partial charge >= 0.3 is 0 Å². The lowest BCUT2D eigenvalue weighted by Gasteiger charge is -2.36. The van der Waals surface area contributed by atoms with E-state index in [0.717, 1.165) is 31.2 Å². The van der Waals surface area contributed by atoms with Crippen LogP contribution in [0.1, 0.15) is 47.7 Å². The van der Waals surface area contributed by atoms with E-state index in [9.17, 15) is 0 Å². The summed E-state index contributed by atoms with van der Waals surface area (Å²) in [6.45, 7) is 4.19. The molecule has 1 aliphatic heterocycles. The molecular weight excluding hydrogens is 318 g/mol. The topological polar surface area (TPSA) is 21.1 Å². The third kappa shape index (κ3) is 2.49. The number of hydrogen-bond donors (Lipinski definition) is 0. The molecule has 2 aliphatic rings. The van der Waals surface area contributed by atoms with Gasteiger partial charge in [0.05, 0.1) is 0 Å². The molecule has 0 saturated heterocycles. The molecule has 3 aromatic rings. The molecule has 1 aliphatic carbocycles. The highest BCUT2D eigenvalue weighted by Crippen LogP contribution is 2.46. The molecule has 1 saturated carbocycles.